The van der Waals surface area contributed by atoms with Crippen LogP contribution in [-0.2, 0) is 10.3 Å². The van der Waals surface area contributed by atoms with Crippen molar-refractivity contribution in [2.75, 3.05) is 7.11 Å². The average molecular weight is 474 g/mol. The molecule has 0 saturated heterocycles. The van der Waals surface area contributed by atoms with Gasteiger partial charge in [0.1, 0.15) is 0 Å². The number of alkyl halides is 11. The molecule has 1 rings (SSSR count). The van der Waals surface area contributed by atoms with Crippen LogP contribution in [0.4, 0.5) is 48.3 Å². The molecule has 1 aromatic rings. The summed E-state index contributed by atoms with van der Waals surface area (Å²) in [6, 6.07) is 5.46. The summed E-state index contributed by atoms with van der Waals surface area (Å²) < 4.78 is 152. The molecule has 0 radical (unpaired) electrons. The van der Waals surface area contributed by atoms with Gasteiger partial charge in [0.25, 0.3) is 0 Å². The Hall–Kier alpha value is -1.59. The summed E-state index contributed by atoms with van der Waals surface area (Å²) in [7, 11) is 0.796. The standard InChI is InChI=1S/C19H21F11O/c1-5-11(2)12-8-6-7-9-13(12)14(3,31-4)10-15(20,21)16(22,23)17(24,25)18(26,27)19(28,29)30/h6-9,11H,5,10H2,1-4H3. The second-order valence-electron chi connectivity index (χ2n) is 7.43. The minimum atomic E-state index is -7.44. The SMILES string of the molecule is CCC(C)c1ccccc1C(C)(CC(F)(F)C(F)(F)C(F)(F)C(F)(F)C(F)(F)F)OC. The Bertz CT molecular complexity index is 757. The number of halogens is 11. The smallest absolute Gasteiger partial charge is 0.374 e. The summed E-state index contributed by atoms with van der Waals surface area (Å²) in [5.41, 5.74) is -2.20. The highest BCUT2D eigenvalue weighted by molar-refractivity contribution is 5.35. The molecule has 0 aliphatic carbocycles. The third-order valence-electron chi connectivity index (χ3n) is 5.29. The first-order chi connectivity index (χ1) is 13.7. The number of methoxy groups -OCH3 is 1. The van der Waals surface area contributed by atoms with E-state index in [1.54, 1.807) is 13.8 Å². The normalized spacial score (nSPS) is 17.4. The van der Waals surface area contributed by atoms with E-state index in [1.807, 2.05) is 0 Å². The Morgan fingerprint density at radius 1 is 0.806 bits per heavy atom. The number of hydrogen-bond donors (Lipinski definition) is 0. The van der Waals surface area contributed by atoms with E-state index in [0.29, 0.717) is 12.0 Å². The first-order valence-corrected chi connectivity index (χ1v) is 8.96. The first kappa shape index (κ1) is 27.4. The molecule has 0 bridgehead atoms. The maximum Gasteiger partial charge on any atom is 0.460 e. The Morgan fingerprint density at radius 3 is 1.71 bits per heavy atom. The first-order valence-electron chi connectivity index (χ1n) is 8.96. The molecule has 1 nitrogen and oxygen atoms in total. The second-order valence-corrected chi connectivity index (χ2v) is 7.43. The fourth-order valence-electron chi connectivity index (χ4n) is 3.05. The van der Waals surface area contributed by atoms with Crippen LogP contribution in [0.2, 0.25) is 0 Å². The lowest BCUT2D eigenvalue weighted by molar-refractivity contribution is -0.424. The molecular formula is C19H21F11O. The van der Waals surface area contributed by atoms with Gasteiger partial charge >= 0.3 is 29.9 Å². The summed E-state index contributed by atoms with van der Waals surface area (Å²) in [5, 5.41) is 0. The van der Waals surface area contributed by atoms with Crippen LogP contribution in [-0.4, -0.2) is 37.0 Å². The molecule has 2 atom stereocenters. The monoisotopic (exact) mass is 474 g/mol. The van der Waals surface area contributed by atoms with Crippen LogP contribution >= 0.6 is 0 Å². The van der Waals surface area contributed by atoms with Crippen molar-refractivity contribution in [3.8, 4) is 0 Å². The Morgan fingerprint density at radius 2 is 1.29 bits per heavy atom. The molecule has 12 heteroatoms. The highest BCUT2D eigenvalue weighted by Crippen LogP contribution is 2.59. The van der Waals surface area contributed by atoms with E-state index in [1.165, 1.54) is 24.3 Å². The topological polar surface area (TPSA) is 9.23 Å². The van der Waals surface area contributed by atoms with E-state index in [0.717, 1.165) is 14.0 Å². The molecule has 0 aliphatic rings. The predicted octanol–water partition coefficient (Wildman–Crippen LogP) is 7.56. The summed E-state index contributed by atoms with van der Waals surface area (Å²) in [6.07, 6.45) is -9.02. The van der Waals surface area contributed by atoms with Gasteiger partial charge in [-0.2, -0.15) is 48.3 Å². The third kappa shape index (κ3) is 4.49. The van der Waals surface area contributed by atoms with E-state index in [-0.39, 0.29) is 11.5 Å². The molecule has 0 spiro atoms. The zero-order valence-electron chi connectivity index (χ0n) is 16.9. The lowest BCUT2D eigenvalue weighted by Crippen LogP contribution is -2.67. The Labute approximate surface area is 171 Å². The molecule has 180 valence electrons. The second kappa shape index (κ2) is 8.40. The average Bonchev–Trinajstić information content (AvgIpc) is 2.65. The molecule has 1 aromatic carbocycles. The van der Waals surface area contributed by atoms with Gasteiger partial charge < -0.3 is 4.74 Å². The van der Waals surface area contributed by atoms with E-state index in [4.69, 9.17) is 4.74 Å². The summed E-state index contributed by atoms with van der Waals surface area (Å²) >= 11 is 0. The summed E-state index contributed by atoms with van der Waals surface area (Å²) in [6.45, 7) is 4.20. The minimum absolute atomic E-state index is 0.117. The van der Waals surface area contributed by atoms with Gasteiger partial charge in [0.05, 0.1) is 12.0 Å². The fourth-order valence-corrected chi connectivity index (χ4v) is 3.05. The van der Waals surface area contributed by atoms with E-state index < -0.39 is 41.9 Å². The van der Waals surface area contributed by atoms with Gasteiger partial charge in [0.2, 0.25) is 0 Å². The Balaban J connectivity index is 3.54. The van der Waals surface area contributed by atoms with Gasteiger partial charge in [-0.3, -0.25) is 0 Å². The van der Waals surface area contributed by atoms with Crippen LogP contribution in [0.25, 0.3) is 0 Å². The fraction of sp³-hybridized carbons (Fsp3) is 0.684. The number of ether oxygens (including phenoxy) is 1. The van der Waals surface area contributed by atoms with Crippen molar-refractivity contribution < 1.29 is 53.0 Å². The van der Waals surface area contributed by atoms with Crippen molar-refractivity contribution in [1.82, 2.24) is 0 Å². The highest BCUT2D eigenvalue weighted by atomic mass is 19.4. The van der Waals surface area contributed by atoms with Gasteiger partial charge in [0, 0.05) is 7.11 Å². The molecule has 0 saturated carbocycles. The zero-order valence-corrected chi connectivity index (χ0v) is 16.9. The number of hydrogen-bond acceptors (Lipinski definition) is 1. The van der Waals surface area contributed by atoms with Gasteiger partial charge in [-0.1, -0.05) is 38.1 Å². The van der Waals surface area contributed by atoms with Crippen LogP contribution in [0, 0.1) is 0 Å². The van der Waals surface area contributed by atoms with E-state index in [9.17, 15) is 48.3 Å². The third-order valence-corrected chi connectivity index (χ3v) is 5.29. The molecule has 2 unspecified atom stereocenters. The molecule has 31 heavy (non-hydrogen) atoms. The molecule has 0 aromatic heterocycles. The molecule has 0 amide bonds. The molecule has 0 fully saturated rings. The van der Waals surface area contributed by atoms with Crippen molar-refractivity contribution in [1.29, 1.82) is 0 Å². The van der Waals surface area contributed by atoms with E-state index >= 15 is 0 Å². The van der Waals surface area contributed by atoms with Crippen LogP contribution in [0.5, 0.6) is 0 Å². The van der Waals surface area contributed by atoms with Gasteiger partial charge in [-0.25, -0.2) is 0 Å². The van der Waals surface area contributed by atoms with Crippen LogP contribution < -0.4 is 0 Å². The van der Waals surface area contributed by atoms with E-state index in [2.05, 4.69) is 0 Å². The maximum atomic E-state index is 14.4. The largest absolute Gasteiger partial charge is 0.460 e. The summed E-state index contributed by atoms with van der Waals surface area (Å²) in [5.74, 6) is -28.3. The highest BCUT2D eigenvalue weighted by Gasteiger charge is 2.87. The molecular weight excluding hydrogens is 453 g/mol. The number of rotatable bonds is 9. The van der Waals surface area contributed by atoms with Crippen molar-refractivity contribution in [2.45, 2.75) is 75.0 Å². The van der Waals surface area contributed by atoms with Crippen molar-refractivity contribution >= 4 is 0 Å². The quantitative estimate of drug-likeness (QED) is 0.336. The zero-order chi connectivity index (χ0) is 24.7. The lowest BCUT2D eigenvalue weighted by atomic mass is 9.80. The molecule has 0 heterocycles. The summed E-state index contributed by atoms with van der Waals surface area (Å²) in [4.78, 5) is 0. The minimum Gasteiger partial charge on any atom is -0.374 e. The molecule has 0 aliphatic heterocycles. The van der Waals surface area contributed by atoms with Crippen LogP contribution in [0.1, 0.15) is 50.7 Å². The van der Waals surface area contributed by atoms with Gasteiger partial charge in [0.15, 0.2) is 0 Å². The van der Waals surface area contributed by atoms with Gasteiger partial charge in [-0.05, 0) is 30.4 Å². The lowest BCUT2D eigenvalue weighted by Gasteiger charge is -2.41. The van der Waals surface area contributed by atoms with Crippen molar-refractivity contribution in [3.05, 3.63) is 35.4 Å². The van der Waals surface area contributed by atoms with Crippen LogP contribution in [0.15, 0.2) is 24.3 Å². The maximum absolute atomic E-state index is 14.4. The van der Waals surface area contributed by atoms with Crippen LogP contribution in [0.3, 0.4) is 0 Å². The van der Waals surface area contributed by atoms with Crippen molar-refractivity contribution in [2.24, 2.45) is 0 Å². The predicted molar refractivity (Wildman–Crippen MR) is 90.0 cm³/mol. The Kier molecular flexibility index (Phi) is 7.44. The van der Waals surface area contributed by atoms with Crippen molar-refractivity contribution in [3.63, 3.8) is 0 Å². The molecule has 0 N–H and O–H groups in total. The number of benzene rings is 1. The van der Waals surface area contributed by atoms with Gasteiger partial charge in [-0.15, -0.1) is 0 Å².